The lowest BCUT2D eigenvalue weighted by molar-refractivity contribution is -0.137. The Kier molecular flexibility index (Phi) is 9.16. The van der Waals surface area contributed by atoms with Crippen molar-refractivity contribution in [1.29, 1.82) is 0 Å². The zero-order valence-corrected chi connectivity index (χ0v) is 17.3. The molecule has 0 radical (unpaired) electrons. The van der Waals surface area contributed by atoms with Crippen molar-refractivity contribution in [3.63, 3.8) is 0 Å². The average Bonchev–Trinajstić information content (AvgIpc) is 3.10. The maximum Gasteiger partial charge on any atom is 0.416 e. The van der Waals surface area contributed by atoms with Crippen molar-refractivity contribution in [2.45, 2.75) is 19.3 Å². The van der Waals surface area contributed by atoms with Crippen LogP contribution >= 0.6 is 36.2 Å². The average molecular weight is 457 g/mol. The predicted octanol–water partition coefficient (Wildman–Crippen LogP) is 3.42. The van der Waals surface area contributed by atoms with E-state index < -0.39 is 11.7 Å². The van der Waals surface area contributed by atoms with Gasteiger partial charge in [-0.05, 0) is 11.6 Å². The zero-order chi connectivity index (χ0) is 18.7. The topological polar surface area (TPSA) is 62.5 Å². The van der Waals surface area contributed by atoms with Crippen LogP contribution in [0.1, 0.15) is 26.6 Å². The number of hydrogen-bond acceptors (Lipinski definition) is 5. The van der Waals surface area contributed by atoms with Crippen LogP contribution in [0, 0.1) is 0 Å². The molecule has 156 valence electrons. The fourth-order valence-electron chi connectivity index (χ4n) is 2.88. The molecule has 0 bridgehead atoms. The van der Waals surface area contributed by atoms with E-state index in [1.165, 1.54) is 23.5 Å². The molecule has 1 saturated heterocycles. The van der Waals surface area contributed by atoms with Gasteiger partial charge in [0.2, 0.25) is 0 Å². The minimum atomic E-state index is -4.34. The number of alkyl halides is 3. The molecule has 1 aliphatic rings. The van der Waals surface area contributed by atoms with E-state index in [2.05, 4.69) is 4.98 Å². The van der Waals surface area contributed by atoms with Crippen molar-refractivity contribution >= 4 is 42.1 Å². The first kappa shape index (κ1) is 24.6. The fraction of sp³-hybridized carbons (Fsp3) is 0.412. The maximum absolute atomic E-state index is 12.8. The molecular formula is C17H21Cl2F3N4OS. The second-order valence-electron chi connectivity index (χ2n) is 6.10. The SMILES string of the molecule is Cl.Cl.NCc1nc(C(=O)N2CCN(Cc3cccc(C(F)(F)F)c3)CC2)cs1. The fourth-order valence-corrected chi connectivity index (χ4v) is 3.53. The van der Waals surface area contributed by atoms with Gasteiger partial charge < -0.3 is 10.6 Å². The number of thiazole rings is 1. The summed E-state index contributed by atoms with van der Waals surface area (Å²) < 4.78 is 38.4. The summed E-state index contributed by atoms with van der Waals surface area (Å²) in [5.74, 6) is -0.125. The summed E-state index contributed by atoms with van der Waals surface area (Å²) in [6, 6.07) is 5.37. The van der Waals surface area contributed by atoms with E-state index in [0.29, 0.717) is 50.5 Å². The highest BCUT2D eigenvalue weighted by Gasteiger charge is 2.30. The zero-order valence-electron chi connectivity index (χ0n) is 14.8. The first-order valence-corrected chi connectivity index (χ1v) is 9.07. The van der Waals surface area contributed by atoms with Gasteiger partial charge in [-0.2, -0.15) is 13.2 Å². The number of amides is 1. The molecule has 11 heteroatoms. The van der Waals surface area contributed by atoms with Crippen molar-refractivity contribution in [2.24, 2.45) is 5.73 Å². The van der Waals surface area contributed by atoms with Crippen molar-refractivity contribution in [3.8, 4) is 0 Å². The number of nitrogens with two attached hydrogens (primary N) is 1. The number of carbonyl (C=O) groups excluding carboxylic acids is 1. The lowest BCUT2D eigenvalue weighted by atomic mass is 10.1. The van der Waals surface area contributed by atoms with Crippen LogP contribution in [0.25, 0.3) is 0 Å². The second-order valence-corrected chi connectivity index (χ2v) is 7.04. The summed E-state index contributed by atoms with van der Waals surface area (Å²) in [6.07, 6.45) is -4.34. The van der Waals surface area contributed by atoms with E-state index in [1.807, 2.05) is 4.90 Å². The minimum absolute atomic E-state index is 0. The largest absolute Gasteiger partial charge is 0.416 e. The standard InChI is InChI=1S/C17H19F3N4OS.2ClH/c18-17(19,20)13-3-1-2-12(8-13)10-23-4-6-24(7-5-23)16(25)14-11-26-15(9-21)22-14;;/h1-3,8,11H,4-7,9-10,21H2;2*1H. The molecule has 1 aromatic carbocycles. The van der Waals surface area contributed by atoms with Crippen LogP contribution in [-0.4, -0.2) is 46.9 Å². The summed E-state index contributed by atoms with van der Waals surface area (Å²) in [5.41, 5.74) is 5.90. The summed E-state index contributed by atoms with van der Waals surface area (Å²) in [6.45, 7) is 3.00. The predicted molar refractivity (Wildman–Crippen MR) is 107 cm³/mol. The third-order valence-corrected chi connectivity index (χ3v) is 5.14. The van der Waals surface area contributed by atoms with Gasteiger partial charge in [0.05, 0.1) is 5.56 Å². The molecule has 0 saturated carbocycles. The van der Waals surface area contributed by atoms with Gasteiger partial charge in [-0.25, -0.2) is 4.98 Å². The Bertz CT molecular complexity index is 780. The molecule has 0 aliphatic carbocycles. The molecule has 1 fully saturated rings. The Morgan fingerprint density at radius 2 is 1.86 bits per heavy atom. The number of carbonyl (C=O) groups is 1. The van der Waals surface area contributed by atoms with Crippen LogP contribution in [0.4, 0.5) is 13.2 Å². The highest BCUT2D eigenvalue weighted by atomic mass is 35.5. The number of halogens is 5. The number of aromatic nitrogens is 1. The Balaban J connectivity index is 0.00000196. The van der Waals surface area contributed by atoms with Crippen molar-refractivity contribution in [1.82, 2.24) is 14.8 Å². The van der Waals surface area contributed by atoms with Gasteiger partial charge in [-0.3, -0.25) is 9.69 Å². The lowest BCUT2D eigenvalue weighted by Crippen LogP contribution is -2.48. The van der Waals surface area contributed by atoms with Gasteiger partial charge in [-0.15, -0.1) is 36.2 Å². The van der Waals surface area contributed by atoms with E-state index in [-0.39, 0.29) is 30.7 Å². The molecule has 0 atom stereocenters. The van der Waals surface area contributed by atoms with Gasteiger partial charge in [0.15, 0.2) is 0 Å². The monoisotopic (exact) mass is 456 g/mol. The number of piperazine rings is 1. The lowest BCUT2D eigenvalue weighted by Gasteiger charge is -2.34. The van der Waals surface area contributed by atoms with E-state index in [1.54, 1.807) is 16.3 Å². The molecule has 2 heterocycles. The summed E-state index contributed by atoms with van der Waals surface area (Å²) in [4.78, 5) is 20.4. The van der Waals surface area contributed by atoms with E-state index in [0.717, 1.165) is 11.1 Å². The molecule has 2 aromatic rings. The van der Waals surface area contributed by atoms with E-state index in [9.17, 15) is 18.0 Å². The van der Waals surface area contributed by atoms with E-state index in [4.69, 9.17) is 5.73 Å². The van der Waals surface area contributed by atoms with Crippen LogP contribution in [-0.2, 0) is 19.3 Å². The van der Waals surface area contributed by atoms with Crippen LogP contribution in [0.15, 0.2) is 29.6 Å². The second kappa shape index (κ2) is 10.4. The minimum Gasteiger partial charge on any atom is -0.335 e. The van der Waals surface area contributed by atoms with Gasteiger partial charge in [0, 0.05) is 44.6 Å². The van der Waals surface area contributed by atoms with Crippen LogP contribution in [0.2, 0.25) is 0 Å². The first-order chi connectivity index (χ1) is 12.4. The molecular weight excluding hydrogens is 436 g/mol. The maximum atomic E-state index is 12.8. The highest BCUT2D eigenvalue weighted by molar-refractivity contribution is 7.09. The molecule has 0 unspecified atom stereocenters. The number of hydrogen-bond donors (Lipinski definition) is 1. The van der Waals surface area contributed by atoms with Crippen molar-refractivity contribution < 1.29 is 18.0 Å². The number of nitrogens with zero attached hydrogens (tertiary/aromatic N) is 3. The van der Waals surface area contributed by atoms with Gasteiger partial charge in [0.25, 0.3) is 5.91 Å². The molecule has 1 aromatic heterocycles. The number of rotatable bonds is 4. The third kappa shape index (κ3) is 6.05. The quantitative estimate of drug-likeness (QED) is 0.765. The van der Waals surface area contributed by atoms with Crippen molar-refractivity contribution in [3.05, 3.63) is 51.5 Å². The van der Waals surface area contributed by atoms with Gasteiger partial charge in [-0.1, -0.05) is 18.2 Å². The summed E-state index contributed by atoms with van der Waals surface area (Å²) >= 11 is 1.36. The summed E-state index contributed by atoms with van der Waals surface area (Å²) in [7, 11) is 0. The third-order valence-electron chi connectivity index (χ3n) is 4.27. The Morgan fingerprint density at radius 3 is 2.43 bits per heavy atom. The molecule has 28 heavy (non-hydrogen) atoms. The highest BCUT2D eigenvalue weighted by Crippen LogP contribution is 2.29. The molecule has 5 nitrogen and oxygen atoms in total. The first-order valence-electron chi connectivity index (χ1n) is 8.19. The molecule has 1 amide bonds. The van der Waals surface area contributed by atoms with Crippen molar-refractivity contribution in [2.75, 3.05) is 26.2 Å². The molecule has 3 rings (SSSR count). The Morgan fingerprint density at radius 1 is 1.18 bits per heavy atom. The molecule has 1 aliphatic heterocycles. The Hall–Kier alpha value is -1.39. The number of benzene rings is 1. The normalized spacial score (nSPS) is 14.9. The summed E-state index contributed by atoms with van der Waals surface area (Å²) in [5, 5.41) is 2.43. The van der Waals surface area contributed by atoms with Crippen LogP contribution < -0.4 is 5.73 Å². The van der Waals surface area contributed by atoms with Crippen LogP contribution in [0.5, 0.6) is 0 Å². The molecule has 0 spiro atoms. The molecule has 2 N–H and O–H groups in total. The smallest absolute Gasteiger partial charge is 0.335 e. The van der Waals surface area contributed by atoms with Crippen LogP contribution in [0.3, 0.4) is 0 Å². The van der Waals surface area contributed by atoms with E-state index >= 15 is 0 Å². The van der Waals surface area contributed by atoms with Gasteiger partial charge >= 0.3 is 6.18 Å². The Labute approximate surface area is 177 Å². The van der Waals surface area contributed by atoms with Gasteiger partial charge in [0.1, 0.15) is 10.7 Å².